The van der Waals surface area contributed by atoms with Crippen LogP contribution in [-0.4, -0.2) is 17.2 Å². The van der Waals surface area contributed by atoms with Crippen LogP contribution in [0.4, 0.5) is 10.5 Å². The molecule has 0 aliphatic heterocycles. The smallest absolute Gasteiger partial charge is 0.315 e. The number of rotatable bonds is 7. The average Bonchev–Trinajstić information content (AvgIpc) is 2.92. The SMILES string of the molecule is N#Cc1ccc(NC(=S)N[C@H](c2ccccc2)[C@H](NC(=O)NC2CCCCC2)c2ccccc2)cc1. The summed E-state index contributed by atoms with van der Waals surface area (Å²) >= 11 is 5.67. The van der Waals surface area contributed by atoms with Gasteiger partial charge in [0.2, 0.25) is 0 Å². The zero-order chi connectivity index (χ0) is 25.2. The number of hydrogen-bond acceptors (Lipinski definition) is 3. The Hall–Kier alpha value is -3.89. The summed E-state index contributed by atoms with van der Waals surface area (Å²) < 4.78 is 0. The van der Waals surface area contributed by atoms with Gasteiger partial charge in [0.1, 0.15) is 0 Å². The van der Waals surface area contributed by atoms with Gasteiger partial charge < -0.3 is 21.3 Å². The van der Waals surface area contributed by atoms with Crippen molar-refractivity contribution in [2.75, 3.05) is 5.32 Å². The molecule has 36 heavy (non-hydrogen) atoms. The largest absolute Gasteiger partial charge is 0.353 e. The van der Waals surface area contributed by atoms with Crippen molar-refractivity contribution in [2.45, 2.75) is 50.2 Å². The van der Waals surface area contributed by atoms with Crippen LogP contribution in [0.3, 0.4) is 0 Å². The first kappa shape index (κ1) is 25.2. The maximum Gasteiger partial charge on any atom is 0.315 e. The van der Waals surface area contributed by atoms with Crippen LogP contribution in [0.5, 0.6) is 0 Å². The van der Waals surface area contributed by atoms with Crippen molar-refractivity contribution in [3.05, 3.63) is 102 Å². The normalized spacial score (nSPS) is 15.1. The number of thiocarbonyl (C=S) groups is 1. The van der Waals surface area contributed by atoms with Gasteiger partial charge in [0.25, 0.3) is 0 Å². The molecule has 184 valence electrons. The number of nitrogens with one attached hydrogen (secondary N) is 4. The lowest BCUT2D eigenvalue weighted by molar-refractivity contribution is 0.226. The summed E-state index contributed by atoms with van der Waals surface area (Å²) in [6.07, 6.45) is 5.56. The van der Waals surface area contributed by atoms with Crippen LogP contribution in [0.25, 0.3) is 0 Å². The van der Waals surface area contributed by atoms with E-state index in [2.05, 4.69) is 27.3 Å². The molecule has 0 spiro atoms. The maximum absolute atomic E-state index is 13.1. The number of benzene rings is 3. The molecule has 0 radical (unpaired) electrons. The van der Waals surface area contributed by atoms with Crippen molar-refractivity contribution in [1.29, 1.82) is 5.26 Å². The van der Waals surface area contributed by atoms with E-state index in [4.69, 9.17) is 17.5 Å². The highest BCUT2D eigenvalue weighted by atomic mass is 32.1. The lowest BCUT2D eigenvalue weighted by Crippen LogP contribution is -2.48. The van der Waals surface area contributed by atoms with Gasteiger partial charge in [-0.3, -0.25) is 0 Å². The second-order valence-corrected chi connectivity index (χ2v) is 9.43. The number of carbonyl (C=O) groups excluding carboxylic acids is 1. The third-order valence-corrected chi connectivity index (χ3v) is 6.66. The van der Waals surface area contributed by atoms with E-state index in [-0.39, 0.29) is 24.2 Å². The Kier molecular flexibility index (Phi) is 8.90. The number of nitrogens with zero attached hydrogens (tertiary/aromatic N) is 1. The van der Waals surface area contributed by atoms with E-state index in [1.165, 1.54) is 6.42 Å². The minimum atomic E-state index is -0.377. The lowest BCUT2D eigenvalue weighted by Gasteiger charge is -2.32. The predicted molar refractivity (Wildman–Crippen MR) is 147 cm³/mol. The van der Waals surface area contributed by atoms with E-state index >= 15 is 0 Å². The van der Waals surface area contributed by atoms with Gasteiger partial charge in [-0.1, -0.05) is 79.9 Å². The molecule has 1 aliphatic carbocycles. The van der Waals surface area contributed by atoms with Crippen LogP contribution in [-0.2, 0) is 0 Å². The number of hydrogen-bond donors (Lipinski definition) is 4. The molecule has 0 bridgehead atoms. The molecule has 0 heterocycles. The molecule has 1 saturated carbocycles. The number of urea groups is 1. The topological polar surface area (TPSA) is 89.0 Å². The molecule has 2 amide bonds. The third kappa shape index (κ3) is 7.06. The number of nitriles is 1. The monoisotopic (exact) mass is 497 g/mol. The van der Waals surface area contributed by atoms with Gasteiger partial charge in [0, 0.05) is 11.7 Å². The molecule has 0 saturated heterocycles. The molecule has 6 nitrogen and oxygen atoms in total. The molecule has 3 aromatic rings. The van der Waals surface area contributed by atoms with E-state index in [0.29, 0.717) is 10.7 Å². The quantitative estimate of drug-likeness (QED) is 0.303. The number of amides is 2. The Labute approximate surface area is 218 Å². The molecule has 2 atom stereocenters. The summed E-state index contributed by atoms with van der Waals surface area (Å²) in [5, 5.41) is 22.5. The molecular weight excluding hydrogens is 466 g/mol. The highest BCUT2D eigenvalue weighted by molar-refractivity contribution is 7.80. The highest BCUT2D eigenvalue weighted by Gasteiger charge is 2.28. The zero-order valence-electron chi connectivity index (χ0n) is 20.1. The first-order chi connectivity index (χ1) is 17.6. The van der Waals surface area contributed by atoms with Crippen LogP contribution in [0.1, 0.15) is 60.9 Å². The maximum atomic E-state index is 13.1. The van der Waals surface area contributed by atoms with Crippen LogP contribution in [0, 0.1) is 11.3 Å². The predicted octanol–water partition coefficient (Wildman–Crippen LogP) is 5.96. The second kappa shape index (κ2) is 12.7. The Morgan fingerprint density at radius 2 is 1.36 bits per heavy atom. The number of anilines is 1. The van der Waals surface area contributed by atoms with E-state index in [9.17, 15) is 4.79 Å². The summed E-state index contributed by atoms with van der Waals surface area (Å²) in [5.74, 6) is 0. The van der Waals surface area contributed by atoms with Crippen molar-refractivity contribution in [3.63, 3.8) is 0 Å². The van der Waals surface area contributed by atoms with Gasteiger partial charge in [0.05, 0.1) is 23.7 Å². The van der Waals surface area contributed by atoms with Crippen molar-refractivity contribution in [2.24, 2.45) is 0 Å². The molecule has 0 unspecified atom stereocenters. The molecule has 7 heteroatoms. The molecular formula is C29H31N5OS. The fourth-order valence-corrected chi connectivity index (χ4v) is 4.84. The average molecular weight is 498 g/mol. The molecule has 0 aromatic heterocycles. The molecule has 1 aliphatic rings. The summed E-state index contributed by atoms with van der Waals surface area (Å²) in [7, 11) is 0. The van der Waals surface area contributed by atoms with Crippen LogP contribution < -0.4 is 21.3 Å². The second-order valence-electron chi connectivity index (χ2n) is 9.02. The molecule has 3 aromatic carbocycles. The van der Waals surface area contributed by atoms with Gasteiger partial charge in [0.15, 0.2) is 5.11 Å². The van der Waals surface area contributed by atoms with E-state index in [1.54, 1.807) is 12.1 Å². The van der Waals surface area contributed by atoms with Gasteiger partial charge in [-0.25, -0.2) is 4.79 Å². The fraction of sp³-hybridized carbons (Fsp3) is 0.276. The Morgan fingerprint density at radius 3 is 1.92 bits per heavy atom. The van der Waals surface area contributed by atoms with Gasteiger partial charge in [-0.15, -0.1) is 0 Å². The van der Waals surface area contributed by atoms with Gasteiger partial charge in [-0.05, 0) is 60.5 Å². The summed E-state index contributed by atoms with van der Waals surface area (Å²) in [6, 6.07) is 28.5. The summed E-state index contributed by atoms with van der Waals surface area (Å²) in [6.45, 7) is 0. The van der Waals surface area contributed by atoms with Crippen LogP contribution >= 0.6 is 12.2 Å². The Bertz CT molecular complexity index is 1170. The molecule has 4 rings (SSSR count). The van der Waals surface area contributed by atoms with E-state index in [1.807, 2.05) is 72.8 Å². The summed E-state index contributed by atoms with van der Waals surface area (Å²) in [4.78, 5) is 13.1. The van der Waals surface area contributed by atoms with Crippen LogP contribution in [0.15, 0.2) is 84.9 Å². The van der Waals surface area contributed by atoms with Crippen molar-refractivity contribution >= 4 is 29.0 Å². The van der Waals surface area contributed by atoms with E-state index < -0.39 is 0 Å². The number of carbonyl (C=O) groups is 1. The van der Waals surface area contributed by atoms with Crippen LogP contribution in [0.2, 0.25) is 0 Å². The molecule has 4 N–H and O–H groups in total. The third-order valence-electron chi connectivity index (χ3n) is 6.44. The minimum absolute atomic E-state index is 0.176. The zero-order valence-corrected chi connectivity index (χ0v) is 20.9. The first-order valence-electron chi connectivity index (χ1n) is 12.4. The lowest BCUT2D eigenvalue weighted by atomic mass is 9.93. The standard InChI is InChI=1S/C29H31N5OS/c30-20-21-16-18-25(19-17-21)32-29(36)34-27(23-12-6-2-7-13-23)26(22-10-4-1-5-11-22)33-28(35)31-24-14-8-3-9-15-24/h1-2,4-7,10-13,16-19,24,26-27H,3,8-9,14-15H2,(H2,31,33,35)(H2,32,34,36)/t26-,27-/m1/s1. The first-order valence-corrected chi connectivity index (χ1v) is 12.8. The van der Waals surface area contributed by atoms with Gasteiger partial charge in [-0.2, -0.15) is 5.26 Å². The Morgan fingerprint density at radius 1 is 0.806 bits per heavy atom. The fourth-order valence-electron chi connectivity index (χ4n) is 4.59. The van der Waals surface area contributed by atoms with Crippen molar-refractivity contribution in [1.82, 2.24) is 16.0 Å². The van der Waals surface area contributed by atoms with E-state index in [0.717, 1.165) is 42.5 Å². The van der Waals surface area contributed by atoms with Crippen molar-refractivity contribution in [3.8, 4) is 6.07 Å². The minimum Gasteiger partial charge on any atom is -0.353 e. The highest BCUT2D eigenvalue weighted by Crippen LogP contribution is 2.29. The summed E-state index contributed by atoms with van der Waals surface area (Å²) in [5.41, 5.74) is 3.32. The molecule has 1 fully saturated rings. The van der Waals surface area contributed by atoms with Gasteiger partial charge >= 0.3 is 6.03 Å². The Balaban J connectivity index is 1.57. The van der Waals surface area contributed by atoms with Crippen molar-refractivity contribution < 1.29 is 4.79 Å².